The Morgan fingerprint density at radius 1 is 1.46 bits per heavy atom. The monoisotopic (exact) mass is 363 g/mol. The zero-order chi connectivity index (χ0) is 9.42. The molecule has 0 aliphatic heterocycles. The highest BCUT2D eigenvalue weighted by Gasteiger charge is 2.08. The summed E-state index contributed by atoms with van der Waals surface area (Å²) in [6.07, 6.45) is 0. The van der Waals surface area contributed by atoms with Crippen molar-refractivity contribution in [1.29, 1.82) is 5.26 Å². The molecule has 0 aliphatic carbocycles. The van der Waals surface area contributed by atoms with Crippen LogP contribution in [-0.2, 0) is 0 Å². The number of nitriles is 1. The SMILES string of the molecule is N#Cc1ccc2c(Br)csc2c1I. The Morgan fingerprint density at radius 2 is 2.23 bits per heavy atom. The number of benzene rings is 1. The van der Waals surface area contributed by atoms with E-state index in [0.29, 0.717) is 0 Å². The first kappa shape index (κ1) is 9.44. The van der Waals surface area contributed by atoms with Crippen LogP contribution in [0, 0.1) is 14.9 Å². The maximum atomic E-state index is 8.82. The van der Waals surface area contributed by atoms with E-state index in [0.717, 1.165) is 13.6 Å². The Kier molecular flexibility index (Phi) is 2.58. The lowest BCUT2D eigenvalue weighted by molar-refractivity contribution is 1.49. The van der Waals surface area contributed by atoms with Crippen molar-refractivity contribution in [1.82, 2.24) is 0 Å². The summed E-state index contributed by atoms with van der Waals surface area (Å²) < 4.78 is 3.34. The smallest absolute Gasteiger partial charge is 0.100 e. The molecule has 1 aromatic heterocycles. The number of hydrogen-bond acceptors (Lipinski definition) is 2. The van der Waals surface area contributed by atoms with Crippen LogP contribution >= 0.6 is 49.9 Å². The van der Waals surface area contributed by atoms with E-state index < -0.39 is 0 Å². The van der Waals surface area contributed by atoms with Gasteiger partial charge in [0, 0.05) is 18.8 Å². The fourth-order valence-corrected chi connectivity index (χ4v) is 3.70. The molecule has 2 aromatic rings. The summed E-state index contributed by atoms with van der Waals surface area (Å²) in [4.78, 5) is 0. The van der Waals surface area contributed by atoms with E-state index in [1.165, 1.54) is 10.1 Å². The summed E-state index contributed by atoms with van der Waals surface area (Å²) in [6, 6.07) is 6.03. The van der Waals surface area contributed by atoms with Crippen molar-refractivity contribution in [3.63, 3.8) is 0 Å². The van der Waals surface area contributed by atoms with Crippen LogP contribution in [0.3, 0.4) is 0 Å². The second kappa shape index (κ2) is 3.56. The van der Waals surface area contributed by atoms with Crippen molar-refractivity contribution >= 4 is 59.9 Å². The maximum absolute atomic E-state index is 8.82. The van der Waals surface area contributed by atoms with Gasteiger partial charge in [0.25, 0.3) is 0 Å². The van der Waals surface area contributed by atoms with Crippen LogP contribution in [0.4, 0.5) is 0 Å². The number of thiophene rings is 1. The summed E-state index contributed by atoms with van der Waals surface area (Å²) in [5.41, 5.74) is 0.752. The van der Waals surface area contributed by atoms with Crippen molar-refractivity contribution < 1.29 is 0 Å². The normalized spacial score (nSPS) is 10.2. The summed E-state index contributed by atoms with van der Waals surface area (Å²) >= 11 is 7.36. The fourth-order valence-electron chi connectivity index (χ4n) is 1.12. The van der Waals surface area contributed by atoms with Gasteiger partial charge in [-0.25, -0.2) is 0 Å². The lowest BCUT2D eigenvalue weighted by Gasteiger charge is -1.96. The molecule has 2 rings (SSSR count). The fraction of sp³-hybridized carbons (Fsp3) is 0. The number of fused-ring (bicyclic) bond motifs is 1. The molecule has 0 N–H and O–H groups in total. The first-order valence-electron chi connectivity index (χ1n) is 3.49. The quantitative estimate of drug-likeness (QED) is 0.645. The molecule has 0 fully saturated rings. The average Bonchev–Trinajstić information content (AvgIpc) is 2.50. The molecule has 0 amide bonds. The van der Waals surface area contributed by atoms with Gasteiger partial charge in [0.05, 0.1) is 10.3 Å². The molecule has 0 atom stereocenters. The highest BCUT2D eigenvalue weighted by atomic mass is 127. The van der Waals surface area contributed by atoms with Gasteiger partial charge in [-0.1, -0.05) is 6.07 Å². The minimum Gasteiger partial charge on any atom is -0.192 e. The van der Waals surface area contributed by atoms with Gasteiger partial charge in [0.15, 0.2) is 0 Å². The number of nitrogens with zero attached hydrogens (tertiary/aromatic N) is 1. The lowest BCUT2D eigenvalue weighted by atomic mass is 10.2. The molecule has 0 aliphatic rings. The van der Waals surface area contributed by atoms with E-state index in [1.807, 2.05) is 17.5 Å². The van der Waals surface area contributed by atoms with Crippen LogP contribution in [0.2, 0.25) is 0 Å². The van der Waals surface area contributed by atoms with Gasteiger partial charge in [0.2, 0.25) is 0 Å². The third kappa shape index (κ3) is 1.49. The molecule has 1 nitrogen and oxygen atoms in total. The van der Waals surface area contributed by atoms with Crippen LogP contribution in [0.1, 0.15) is 5.56 Å². The van der Waals surface area contributed by atoms with Crippen molar-refractivity contribution in [3.8, 4) is 6.07 Å². The molecule has 0 radical (unpaired) electrons. The Labute approximate surface area is 102 Å². The van der Waals surface area contributed by atoms with Gasteiger partial charge in [0.1, 0.15) is 6.07 Å². The topological polar surface area (TPSA) is 23.8 Å². The molecule has 13 heavy (non-hydrogen) atoms. The first-order valence-corrected chi connectivity index (χ1v) is 6.24. The van der Waals surface area contributed by atoms with Crippen molar-refractivity contribution in [2.75, 3.05) is 0 Å². The molecule has 1 heterocycles. The molecule has 0 bridgehead atoms. The largest absolute Gasteiger partial charge is 0.192 e. The minimum atomic E-state index is 0.752. The van der Waals surface area contributed by atoms with E-state index in [1.54, 1.807) is 11.3 Å². The predicted octanol–water partition coefficient (Wildman–Crippen LogP) is 4.14. The predicted molar refractivity (Wildman–Crippen MR) is 67.0 cm³/mol. The highest BCUT2D eigenvalue weighted by molar-refractivity contribution is 14.1. The van der Waals surface area contributed by atoms with E-state index >= 15 is 0 Å². The molecule has 0 saturated heterocycles. The van der Waals surface area contributed by atoms with E-state index in [-0.39, 0.29) is 0 Å². The third-order valence-corrected chi connectivity index (χ3v) is 5.21. The van der Waals surface area contributed by atoms with Gasteiger partial charge >= 0.3 is 0 Å². The standard InChI is InChI=1S/C9H3BrINS/c10-7-4-13-9-6(7)2-1-5(3-12)8(9)11/h1-2,4H. The van der Waals surface area contributed by atoms with Crippen molar-refractivity contribution in [3.05, 3.63) is 31.1 Å². The number of hydrogen-bond donors (Lipinski definition) is 0. The van der Waals surface area contributed by atoms with Crippen molar-refractivity contribution in [2.45, 2.75) is 0 Å². The van der Waals surface area contributed by atoms with Crippen LogP contribution in [0.15, 0.2) is 22.0 Å². The summed E-state index contributed by atoms with van der Waals surface area (Å²) in [5.74, 6) is 0. The number of rotatable bonds is 0. The van der Waals surface area contributed by atoms with E-state index in [9.17, 15) is 0 Å². The van der Waals surface area contributed by atoms with Gasteiger partial charge in [-0.05, 0) is 44.6 Å². The second-order valence-electron chi connectivity index (χ2n) is 2.50. The van der Waals surface area contributed by atoms with Gasteiger partial charge in [-0.2, -0.15) is 5.26 Å². The summed E-state index contributed by atoms with van der Waals surface area (Å²) in [6.45, 7) is 0. The Morgan fingerprint density at radius 3 is 2.92 bits per heavy atom. The third-order valence-electron chi connectivity index (χ3n) is 1.76. The average molecular weight is 364 g/mol. The van der Waals surface area contributed by atoms with Crippen LogP contribution in [0.5, 0.6) is 0 Å². The molecule has 0 spiro atoms. The van der Waals surface area contributed by atoms with E-state index in [4.69, 9.17) is 5.26 Å². The van der Waals surface area contributed by atoms with Gasteiger partial charge in [-0.3, -0.25) is 0 Å². The zero-order valence-corrected chi connectivity index (χ0v) is 10.9. The maximum Gasteiger partial charge on any atom is 0.100 e. The molecule has 4 heteroatoms. The molecule has 0 saturated carbocycles. The van der Waals surface area contributed by atoms with Crippen LogP contribution in [-0.4, -0.2) is 0 Å². The van der Waals surface area contributed by atoms with Crippen LogP contribution < -0.4 is 0 Å². The summed E-state index contributed by atoms with van der Waals surface area (Å²) in [5, 5.41) is 12.1. The molecular weight excluding hydrogens is 361 g/mol. The Hall–Kier alpha value is -0.120. The Balaban J connectivity index is 2.90. The van der Waals surface area contributed by atoms with Crippen molar-refractivity contribution in [2.24, 2.45) is 0 Å². The summed E-state index contributed by atoms with van der Waals surface area (Å²) in [7, 11) is 0. The molecule has 0 unspecified atom stereocenters. The first-order chi connectivity index (χ1) is 6.24. The van der Waals surface area contributed by atoms with Gasteiger partial charge in [-0.15, -0.1) is 11.3 Å². The lowest BCUT2D eigenvalue weighted by Crippen LogP contribution is -1.80. The highest BCUT2D eigenvalue weighted by Crippen LogP contribution is 2.34. The van der Waals surface area contributed by atoms with Crippen LogP contribution in [0.25, 0.3) is 10.1 Å². The molecule has 1 aromatic carbocycles. The minimum absolute atomic E-state index is 0.752. The van der Waals surface area contributed by atoms with Gasteiger partial charge < -0.3 is 0 Å². The molecule has 64 valence electrons. The van der Waals surface area contributed by atoms with E-state index in [2.05, 4.69) is 44.6 Å². The molecular formula is C9H3BrINS. The zero-order valence-electron chi connectivity index (χ0n) is 6.34. The Bertz CT molecular complexity index is 512. The number of halogens is 2. The second-order valence-corrected chi connectivity index (χ2v) is 5.31.